The van der Waals surface area contributed by atoms with Crippen LogP contribution in [0.4, 0.5) is 0 Å². The van der Waals surface area contributed by atoms with Gasteiger partial charge in [-0.1, -0.05) is 202 Å². The minimum atomic E-state index is -0.407. The molecule has 0 N–H and O–H groups in total. The molecule has 0 radical (unpaired) electrons. The Morgan fingerprint density at radius 1 is 0.454 bits per heavy atom. The number of carbonyl (C=O) groups excluding carboxylic acids is 6. The molecule has 0 aliphatic carbocycles. The van der Waals surface area contributed by atoms with E-state index in [1.807, 2.05) is 199 Å². The van der Waals surface area contributed by atoms with Crippen LogP contribution in [0.15, 0.2) is 161 Å². The largest absolute Gasteiger partial charge is 0.496 e. The Balaban J connectivity index is -0.000000187. The molecule has 0 bridgehead atoms. The van der Waals surface area contributed by atoms with E-state index in [-0.39, 0.29) is 73.8 Å². The number of imide groups is 1. The van der Waals surface area contributed by atoms with Gasteiger partial charge in [-0.3, -0.25) is 24.1 Å². The summed E-state index contributed by atoms with van der Waals surface area (Å²) in [5.74, 6) is -0.0625. The second-order valence-electron chi connectivity index (χ2n) is 33.6. The number of ketones is 2. The van der Waals surface area contributed by atoms with Crippen molar-refractivity contribution in [3.05, 3.63) is 183 Å². The van der Waals surface area contributed by atoms with Crippen molar-refractivity contribution in [3.63, 3.8) is 0 Å². The van der Waals surface area contributed by atoms with Crippen LogP contribution in [-0.2, 0) is 63.3 Å². The Kier molecular flexibility index (Phi) is 49.8. The van der Waals surface area contributed by atoms with Crippen molar-refractivity contribution in [2.75, 3.05) is 0 Å². The van der Waals surface area contributed by atoms with Crippen molar-refractivity contribution >= 4 is 47.0 Å². The van der Waals surface area contributed by atoms with Crippen LogP contribution in [0, 0.1) is 10.8 Å². The Labute approximate surface area is 595 Å². The average Bonchev–Trinajstić information content (AvgIpc) is 1.79. The van der Waals surface area contributed by atoms with Crippen molar-refractivity contribution in [2.24, 2.45) is 10.8 Å². The van der Waals surface area contributed by atoms with Gasteiger partial charge < -0.3 is 23.7 Å². The molecule has 2 aromatic rings. The summed E-state index contributed by atoms with van der Waals surface area (Å²) in [7, 11) is 0. The van der Waals surface area contributed by atoms with Crippen molar-refractivity contribution in [1.29, 1.82) is 0 Å². The van der Waals surface area contributed by atoms with E-state index in [1.165, 1.54) is 51.6 Å². The molecule has 0 spiro atoms. The number of nitrogens with zero attached hydrogens (tertiary/aromatic N) is 1. The van der Waals surface area contributed by atoms with Gasteiger partial charge >= 0.3 is 11.9 Å². The van der Waals surface area contributed by atoms with Crippen LogP contribution in [0.1, 0.15) is 277 Å². The number of esters is 2. The number of rotatable bonds is 11. The standard InChI is InChI=1S/C13H18.C12H16.C9H16O.C8H11NO2.C8H14O2.C8H14O.C7H12O2.2C7H14O.C6H12O/c1-10(2)11-6-8-12(9-7-11)13(3,4)5;1-5-10-6-8-11(9-7-10)12(2,3)4;1-7(2)8(10)6-9(3,4)5;1-8(2,3)9-6(10)4-5-7(9)11;1-6(2)7(9)10-8(3,4)5;1-5-7(9)6-8(2,3)4;1-5-6(8)9-7(2,3)4;1-6(2)8-7(3,4)5;1-5-6-8-7(2,3)4;1-5-7-6(2,3)4/h6-9H,1H2,2-5H3;5-9H,1H2,2-4H3;1,6H2,2-5H3;4-5H,1-3H3;1H2,2-5H3;5H,1,6H2,2-4H3;5H,1H2,2-4H3;1H2,2-5H3;5-6H,1-4H3;5H,1H2,2-4H3/b;;;;;;;;6-5+;. The molecule has 12 nitrogen and oxygen atoms in total. The normalized spacial score (nSPS) is 12.0. The smallest absolute Gasteiger partial charge is 0.333 e. The summed E-state index contributed by atoms with van der Waals surface area (Å²) in [6.45, 7) is 97.6. The predicted octanol–water partition coefficient (Wildman–Crippen LogP) is 23.1. The third kappa shape index (κ3) is 72.8. The number of allylic oxidation sites excluding steroid dienone is 5. The number of amides is 2. The highest BCUT2D eigenvalue weighted by Crippen LogP contribution is 2.25. The fourth-order valence-electron chi connectivity index (χ4n) is 6.42. The first-order valence-electron chi connectivity index (χ1n) is 33.0. The van der Waals surface area contributed by atoms with E-state index in [1.54, 1.807) is 20.1 Å². The molecular formula is C85H141NO11. The van der Waals surface area contributed by atoms with E-state index >= 15 is 0 Å². The van der Waals surface area contributed by atoms with Crippen molar-refractivity contribution < 1.29 is 52.5 Å². The summed E-state index contributed by atoms with van der Waals surface area (Å²) in [4.78, 5) is 66.4. The van der Waals surface area contributed by atoms with Gasteiger partial charge in [0.15, 0.2) is 11.6 Å². The van der Waals surface area contributed by atoms with Gasteiger partial charge in [-0.05, 0) is 215 Å². The molecule has 0 fully saturated rings. The second kappa shape index (κ2) is 46.8. The van der Waals surface area contributed by atoms with Crippen molar-refractivity contribution in [2.45, 2.75) is 300 Å². The maximum absolute atomic E-state index is 11.1. The lowest BCUT2D eigenvalue weighted by Gasteiger charge is -2.29. The lowest BCUT2D eigenvalue weighted by molar-refractivity contribution is -0.150. The van der Waals surface area contributed by atoms with Crippen LogP contribution in [0.3, 0.4) is 0 Å². The number of hydrogen-bond donors (Lipinski definition) is 0. The third-order valence-electron chi connectivity index (χ3n) is 10.6. The van der Waals surface area contributed by atoms with Crippen LogP contribution >= 0.6 is 0 Å². The molecule has 12 heteroatoms. The fraction of sp³-hybridized carbons (Fsp3) is 0.553. The Hall–Kier alpha value is -7.34. The predicted molar refractivity (Wildman–Crippen MR) is 418 cm³/mol. The number of ether oxygens (including phenoxy) is 5. The topological polar surface area (TPSA) is 152 Å². The van der Waals surface area contributed by atoms with Gasteiger partial charge in [0, 0.05) is 42.2 Å². The molecule has 3 rings (SSSR count). The molecule has 0 saturated heterocycles. The number of hydrogen-bond acceptors (Lipinski definition) is 11. The molecule has 0 unspecified atom stereocenters. The first-order valence-corrected chi connectivity index (χ1v) is 33.0. The number of Topliss-reactive ketones (excluding diaryl/α,β-unsaturated/α-hetero) is 1. The third-order valence-corrected chi connectivity index (χ3v) is 10.6. The summed E-state index contributed by atoms with van der Waals surface area (Å²) < 4.78 is 25.2. The molecule has 0 atom stereocenters. The highest BCUT2D eigenvalue weighted by molar-refractivity contribution is 6.13. The molecule has 0 aromatic heterocycles. The maximum Gasteiger partial charge on any atom is 0.333 e. The molecule has 97 heavy (non-hydrogen) atoms. The molecule has 2 aromatic carbocycles. The lowest BCUT2D eigenvalue weighted by atomic mass is 9.86. The van der Waals surface area contributed by atoms with Crippen LogP contribution in [0.25, 0.3) is 11.6 Å². The van der Waals surface area contributed by atoms with E-state index in [0.29, 0.717) is 24.0 Å². The zero-order valence-corrected chi connectivity index (χ0v) is 68.2. The summed E-state index contributed by atoms with van der Waals surface area (Å²) >= 11 is 0. The molecule has 552 valence electrons. The van der Waals surface area contributed by atoms with Gasteiger partial charge in [-0.2, -0.15) is 0 Å². The van der Waals surface area contributed by atoms with Gasteiger partial charge in [0.25, 0.3) is 11.8 Å². The first-order chi connectivity index (χ1) is 43.0. The summed E-state index contributed by atoms with van der Waals surface area (Å²) in [5.41, 5.74) is 6.68. The highest BCUT2D eigenvalue weighted by Gasteiger charge is 2.33. The summed E-state index contributed by atoms with van der Waals surface area (Å²) in [6, 6.07) is 17.2. The molecule has 1 aliphatic rings. The zero-order chi connectivity index (χ0) is 78.9. The highest BCUT2D eigenvalue weighted by atomic mass is 16.6. The maximum atomic E-state index is 11.1. The van der Waals surface area contributed by atoms with E-state index in [0.717, 1.165) is 17.4 Å². The quantitative estimate of drug-likeness (QED) is 0.0915. The summed E-state index contributed by atoms with van der Waals surface area (Å²) in [5, 5.41) is 0. The number of benzene rings is 2. The summed E-state index contributed by atoms with van der Waals surface area (Å²) in [6.07, 6.45) is 13.2. The Bertz CT molecular complexity index is 2730. The minimum Gasteiger partial charge on any atom is -0.496 e. The van der Waals surface area contributed by atoms with Crippen LogP contribution in [0.2, 0.25) is 0 Å². The fourth-order valence-corrected chi connectivity index (χ4v) is 6.42. The van der Waals surface area contributed by atoms with E-state index in [9.17, 15) is 28.8 Å². The van der Waals surface area contributed by atoms with Gasteiger partial charge in [-0.25, -0.2) is 9.59 Å². The Morgan fingerprint density at radius 3 is 0.959 bits per heavy atom. The van der Waals surface area contributed by atoms with Gasteiger partial charge in [0.2, 0.25) is 0 Å². The Morgan fingerprint density at radius 2 is 0.814 bits per heavy atom. The minimum absolute atomic E-state index is 0.0352. The van der Waals surface area contributed by atoms with Crippen molar-refractivity contribution in [1.82, 2.24) is 4.90 Å². The monoisotopic (exact) mass is 1350 g/mol. The average molecular weight is 1350 g/mol. The van der Waals surface area contributed by atoms with Gasteiger partial charge in [-0.15, -0.1) is 0 Å². The molecule has 1 aliphatic heterocycles. The molecule has 0 saturated carbocycles. The van der Waals surface area contributed by atoms with E-state index < -0.39 is 16.7 Å². The van der Waals surface area contributed by atoms with Gasteiger partial charge in [0.1, 0.15) is 16.8 Å². The lowest BCUT2D eigenvalue weighted by Crippen LogP contribution is -2.45. The van der Waals surface area contributed by atoms with Crippen LogP contribution < -0.4 is 0 Å². The second-order valence-corrected chi connectivity index (χ2v) is 33.6. The van der Waals surface area contributed by atoms with Gasteiger partial charge in [0.05, 0.1) is 29.5 Å². The van der Waals surface area contributed by atoms with Crippen LogP contribution in [0.5, 0.6) is 0 Å². The van der Waals surface area contributed by atoms with Crippen molar-refractivity contribution in [3.8, 4) is 0 Å². The molecular weight excluding hydrogens is 1210 g/mol. The molecule has 2 amide bonds. The first kappa shape index (κ1) is 103. The molecule has 1 heterocycles. The SMILES string of the molecule is C/C=C/OC(C)(C)C.C=C(C)C(=O)CC(C)(C)C.C=C(C)C(=O)OC(C)(C)C.C=C(C)OC(C)(C)C.C=C(C)c1ccc(C(C)(C)C)cc1.C=CC(=O)CC(C)(C)C.C=CC(=O)OC(C)(C)C.C=COC(C)(C)C.C=Cc1ccc(C(C)(C)C)cc1.CC(C)(C)N1C(=O)C=CC1=O. The number of carbonyl (C=O) groups is 6. The zero-order valence-electron chi connectivity index (χ0n) is 68.2. The van der Waals surface area contributed by atoms with Crippen LogP contribution in [-0.4, -0.2) is 73.8 Å². The van der Waals surface area contributed by atoms with E-state index in [4.69, 9.17) is 23.7 Å². The van der Waals surface area contributed by atoms with E-state index in [2.05, 4.69) is 143 Å².